The van der Waals surface area contributed by atoms with Crippen molar-refractivity contribution in [1.29, 1.82) is 0 Å². The summed E-state index contributed by atoms with van der Waals surface area (Å²) in [6.45, 7) is 2.89. The van der Waals surface area contributed by atoms with Crippen LogP contribution in [0.25, 0.3) is 0 Å². The fourth-order valence-electron chi connectivity index (χ4n) is 2.57. The summed E-state index contributed by atoms with van der Waals surface area (Å²) in [7, 11) is 0. The van der Waals surface area contributed by atoms with Crippen molar-refractivity contribution < 1.29 is 9.53 Å². The van der Waals surface area contributed by atoms with E-state index in [0.717, 1.165) is 6.42 Å². The molecule has 1 aromatic heterocycles. The number of aromatic nitrogens is 1. The lowest BCUT2D eigenvalue weighted by Gasteiger charge is -2.09. The van der Waals surface area contributed by atoms with Crippen LogP contribution in [0.1, 0.15) is 61.5 Å². The molecular weight excluding hydrogens is 324 g/mol. The maximum absolute atomic E-state index is 12.4. The Morgan fingerprint density at radius 3 is 2.69 bits per heavy atom. The van der Waals surface area contributed by atoms with Crippen molar-refractivity contribution in [1.82, 2.24) is 4.98 Å². The van der Waals surface area contributed by atoms with E-state index < -0.39 is 0 Å². The minimum Gasteiger partial charge on any atom is -0.494 e. The topological polar surface area (TPSA) is 51.2 Å². The summed E-state index contributed by atoms with van der Waals surface area (Å²) in [5.74, 6) is 3.35. The van der Waals surface area contributed by atoms with Crippen LogP contribution in [0, 0.1) is 12.3 Å². The molecule has 0 saturated heterocycles. The standard InChI is InChI=1S/C22H26N2O2/c1-3-5-6-7-8-9-16-26-20-14-10-12-18(17-20)22(25)24-21-15-11-13-19(4-2)23-21/h2,10-15,17H,3,5-9,16H2,1H3,(H,23,24,25). The van der Waals surface area contributed by atoms with Crippen molar-refractivity contribution in [3.63, 3.8) is 0 Å². The third kappa shape index (κ3) is 6.60. The molecule has 26 heavy (non-hydrogen) atoms. The lowest BCUT2D eigenvalue weighted by Crippen LogP contribution is -2.13. The number of nitrogens with zero attached hydrogens (tertiary/aromatic N) is 1. The molecule has 0 aliphatic carbocycles. The minimum atomic E-state index is -0.239. The number of rotatable bonds is 10. The lowest BCUT2D eigenvalue weighted by atomic mass is 10.1. The van der Waals surface area contributed by atoms with Crippen LogP contribution in [0.4, 0.5) is 5.82 Å². The molecule has 0 fully saturated rings. The second-order valence-electron chi connectivity index (χ2n) is 6.15. The van der Waals surface area contributed by atoms with Gasteiger partial charge in [0.2, 0.25) is 0 Å². The molecule has 0 spiro atoms. The number of terminal acetylenes is 1. The average molecular weight is 350 g/mol. The van der Waals surface area contributed by atoms with E-state index in [1.54, 1.807) is 30.3 Å². The Labute approximate surface area is 156 Å². The van der Waals surface area contributed by atoms with E-state index in [4.69, 9.17) is 11.2 Å². The van der Waals surface area contributed by atoms with Gasteiger partial charge in [0.15, 0.2) is 0 Å². The number of amides is 1. The summed E-state index contributed by atoms with van der Waals surface area (Å²) in [6.07, 6.45) is 12.6. The van der Waals surface area contributed by atoms with Gasteiger partial charge >= 0.3 is 0 Å². The Morgan fingerprint density at radius 2 is 1.88 bits per heavy atom. The van der Waals surface area contributed by atoms with Gasteiger partial charge < -0.3 is 10.1 Å². The monoisotopic (exact) mass is 350 g/mol. The molecule has 1 aromatic carbocycles. The fourth-order valence-corrected chi connectivity index (χ4v) is 2.57. The molecule has 2 aromatic rings. The van der Waals surface area contributed by atoms with Crippen molar-refractivity contribution >= 4 is 11.7 Å². The number of nitrogens with one attached hydrogen (secondary N) is 1. The first-order valence-electron chi connectivity index (χ1n) is 9.21. The first-order chi connectivity index (χ1) is 12.7. The maximum atomic E-state index is 12.4. The van der Waals surface area contributed by atoms with Crippen molar-refractivity contribution in [2.45, 2.75) is 45.4 Å². The highest BCUT2D eigenvalue weighted by Crippen LogP contribution is 2.16. The molecule has 0 saturated carbocycles. The highest BCUT2D eigenvalue weighted by Gasteiger charge is 2.08. The number of pyridine rings is 1. The van der Waals surface area contributed by atoms with Crippen molar-refractivity contribution in [2.75, 3.05) is 11.9 Å². The molecule has 1 amide bonds. The lowest BCUT2D eigenvalue weighted by molar-refractivity contribution is 0.102. The zero-order valence-corrected chi connectivity index (χ0v) is 15.3. The largest absolute Gasteiger partial charge is 0.494 e. The summed E-state index contributed by atoms with van der Waals surface area (Å²) in [5, 5.41) is 2.75. The smallest absolute Gasteiger partial charge is 0.256 e. The molecule has 4 heteroatoms. The average Bonchev–Trinajstić information content (AvgIpc) is 2.67. The number of ether oxygens (including phenoxy) is 1. The highest BCUT2D eigenvalue weighted by molar-refractivity contribution is 6.04. The van der Waals surface area contributed by atoms with Crippen molar-refractivity contribution in [2.24, 2.45) is 0 Å². The van der Waals surface area contributed by atoms with Crippen LogP contribution in [-0.2, 0) is 0 Å². The molecule has 0 bridgehead atoms. The second-order valence-corrected chi connectivity index (χ2v) is 6.15. The summed E-state index contributed by atoms with van der Waals surface area (Å²) in [4.78, 5) is 16.6. The van der Waals surface area contributed by atoms with E-state index in [1.807, 2.05) is 12.1 Å². The third-order valence-electron chi connectivity index (χ3n) is 4.00. The number of hydrogen-bond acceptors (Lipinski definition) is 3. The second kappa shape index (κ2) is 10.9. The van der Waals surface area contributed by atoms with E-state index in [0.29, 0.717) is 29.4 Å². The molecule has 0 aliphatic rings. The van der Waals surface area contributed by atoms with Gasteiger partial charge in [-0.2, -0.15) is 0 Å². The minimum absolute atomic E-state index is 0.239. The quantitative estimate of drug-likeness (QED) is 0.481. The fraction of sp³-hybridized carbons (Fsp3) is 0.364. The molecule has 4 nitrogen and oxygen atoms in total. The third-order valence-corrected chi connectivity index (χ3v) is 4.00. The summed E-state index contributed by atoms with van der Waals surface area (Å²) < 4.78 is 5.77. The van der Waals surface area contributed by atoms with E-state index in [9.17, 15) is 4.79 Å². The van der Waals surface area contributed by atoms with Gasteiger partial charge in [0.1, 0.15) is 17.3 Å². The Balaban J connectivity index is 1.83. The van der Waals surface area contributed by atoms with Gasteiger partial charge in [-0.05, 0) is 36.8 Å². The Kier molecular flexibility index (Phi) is 8.21. The van der Waals surface area contributed by atoms with Gasteiger partial charge in [-0.15, -0.1) is 6.42 Å². The molecular formula is C22H26N2O2. The van der Waals surface area contributed by atoms with Gasteiger partial charge in [0.25, 0.3) is 5.91 Å². The van der Waals surface area contributed by atoms with Crippen LogP contribution in [-0.4, -0.2) is 17.5 Å². The number of carbonyl (C=O) groups is 1. The van der Waals surface area contributed by atoms with E-state index in [1.165, 1.54) is 32.1 Å². The van der Waals surface area contributed by atoms with Crippen LogP contribution in [0.2, 0.25) is 0 Å². The molecule has 1 heterocycles. The Bertz CT molecular complexity index is 750. The van der Waals surface area contributed by atoms with Gasteiger partial charge in [-0.1, -0.05) is 57.1 Å². The first kappa shape index (κ1) is 19.5. The number of unbranched alkanes of at least 4 members (excludes halogenated alkanes) is 5. The summed E-state index contributed by atoms with van der Waals surface area (Å²) in [6, 6.07) is 12.4. The molecule has 0 aliphatic heterocycles. The predicted molar refractivity (Wildman–Crippen MR) is 105 cm³/mol. The zero-order chi connectivity index (χ0) is 18.6. The maximum Gasteiger partial charge on any atom is 0.256 e. The van der Waals surface area contributed by atoms with E-state index in [-0.39, 0.29) is 5.91 Å². The number of benzene rings is 1. The Hall–Kier alpha value is -2.80. The van der Waals surface area contributed by atoms with Gasteiger partial charge in [-0.25, -0.2) is 4.98 Å². The van der Waals surface area contributed by atoms with E-state index >= 15 is 0 Å². The summed E-state index contributed by atoms with van der Waals surface area (Å²) >= 11 is 0. The zero-order valence-electron chi connectivity index (χ0n) is 15.3. The molecule has 0 atom stereocenters. The number of anilines is 1. The summed E-state index contributed by atoms with van der Waals surface area (Å²) in [5.41, 5.74) is 1.01. The number of carbonyl (C=O) groups excluding carboxylic acids is 1. The molecule has 0 radical (unpaired) electrons. The van der Waals surface area contributed by atoms with Crippen LogP contribution in [0.15, 0.2) is 42.5 Å². The molecule has 0 unspecified atom stereocenters. The Morgan fingerprint density at radius 1 is 1.12 bits per heavy atom. The van der Waals surface area contributed by atoms with Gasteiger partial charge in [0.05, 0.1) is 6.61 Å². The van der Waals surface area contributed by atoms with Crippen LogP contribution in [0.5, 0.6) is 5.75 Å². The van der Waals surface area contributed by atoms with Gasteiger partial charge in [-0.3, -0.25) is 4.79 Å². The van der Waals surface area contributed by atoms with Crippen molar-refractivity contribution in [3.8, 4) is 18.1 Å². The van der Waals surface area contributed by atoms with Crippen molar-refractivity contribution in [3.05, 3.63) is 53.7 Å². The number of hydrogen-bond donors (Lipinski definition) is 1. The molecule has 136 valence electrons. The van der Waals surface area contributed by atoms with Crippen LogP contribution in [0.3, 0.4) is 0 Å². The SMILES string of the molecule is C#Cc1cccc(NC(=O)c2cccc(OCCCCCCCC)c2)n1. The van der Waals surface area contributed by atoms with Crippen LogP contribution >= 0.6 is 0 Å². The van der Waals surface area contributed by atoms with Crippen LogP contribution < -0.4 is 10.1 Å². The molecule has 2 rings (SSSR count). The predicted octanol–water partition coefficient (Wildman–Crippen LogP) is 5.05. The van der Waals surface area contributed by atoms with Gasteiger partial charge in [0, 0.05) is 5.56 Å². The normalized spacial score (nSPS) is 10.2. The highest BCUT2D eigenvalue weighted by atomic mass is 16.5. The molecule has 1 N–H and O–H groups in total. The first-order valence-corrected chi connectivity index (χ1v) is 9.21. The van der Waals surface area contributed by atoms with E-state index in [2.05, 4.69) is 23.1 Å².